The zero-order valence-electron chi connectivity index (χ0n) is 13.6. The van der Waals surface area contributed by atoms with E-state index in [1.54, 1.807) is 48.9 Å². The van der Waals surface area contributed by atoms with E-state index in [2.05, 4.69) is 10.6 Å². The van der Waals surface area contributed by atoms with Gasteiger partial charge >= 0.3 is 0 Å². The van der Waals surface area contributed by atoms with Gasteiger partial charge in [0.25, 0.3) is 0 Å². The summed E-state index contributed by atoms with van der Waals surface area (Å²) < 4.78 is 0. The molecule has 0 atom stereocenters. The minimum absolute atomic E-state index is 0. The van der Waals surface area contributed by atoms with Gasteiger partial charge in [-0.1, -0.05) is 24.3 Å². The van der Waals surface area contributed by atoms with Crippen LogP contribution >= 0.6 is 0 Å². The van der Waals surface area contributed by atoms with E-state index in [4.69, 9.17) is 10.2 Å². The third-order valence-electron chi connectivity index (χ3n) is 2.87. The molecule has 2 rings (SSSR count). The van der Waals surface area contributed by atoms with Crippen molar-refractivity contribution in [2.75, 3.05) is 26.3 Å². The monoisotopic (exact) mass is 388 g/mol. The van der Waals surface area contributed by atoms with Crippen LogP contribution in [-0.2, 0) is 26.1 Å². The van der Waals surface area contributed by atoms with Gasteiger partial charge in [-0.25, -0.2) is 0 Å². The Morgan fingerprint density at radius 3 is 1.40 bits per heavy atom. The van der Waals surface area contributed by atoms with Crippen LogP contribution in [0.5, 0.6) is 0 Å². The van der Waals surface area contributed by atoms with E-state index in [-0.39, 0.29) is 41.3 Å². The van der Waals surface area contributed by atoms with Gasteiger partial charge in [-0.05, 0) is 24.3 Å². The normalized spacial score (nSPS) is 18.0. The molecule has 25 heavy (non-hydrogen) atoms. The molecule has 0 saturated carbocycles. The van der Waals surface area contributed by atoms with Crippen LogP contribution in [0.25, 0.3) is 0 Å². The minimum atomic E-state index is -0.0112. The van der Waals surface area contributed by atoms with E-state index in [9.17, 15) is 9.59 Å². The summed E-state index contributed by atoms with van der Waals surface area (Å²) in [6.07, 6.45) is 16.7. The number of aliphatic hydroxyl groups is 2. The molecule has 0 heterocycles. The predicted molar refractivity (Wildman–Crippen MR) is 92.9 cm³/mol. The van der Waals surface area contributed by atoms with Crippen molar-refractivity contribution in [3.05, 3.63) is 72.2 Å². The van der Waals surface area contributed by atoms with Gasteiger partial charge in [-0.2, -0.15) is 0 Å². The van der Waals surface area contributed by atoms with Gasteiger partial charge in [-0.3, -0.25) is 9.59 Å². The maximum absolute atomic E-state index is 11.1. The molecular weight excluding hydrogens is 367 g/mol. The van der Waals surface area contributed by atoms with E-state index in [1.165, 1.54) is 12.2 Å². The molecule has 0 bridgehead atoms. The van der Waals surface area contributed by atoms with Crippen LogP contribution in [0, 0.1) is 0 Å². The summed E-state index contributed by atoms with van der Waals surface area (Å²) in [5, 5.41) is 22.5. The third kappa shape index (κ3) is 9.62. The Kier molecular flexibility index (Phi) is 12.9. The third-order valence-corrected chi connectivity index (χ3v) is 2.87. The first kappa shape index (κ1) is 22.8. The molecule has 7 heteroatoms. The first-order chi connectivity index (χ1) is 11.7. The minimum Gasteiger partial charge on any atom is -0.395 e. The Labute approximate surface area is 157 Å². The fraction of sp³-hybridized carbons (Fsp3) is 0.222. The molecule has 0 amide bonds. The van der Waals surface area contributed by atoms with Crippen LogP contribution in [0.4, 0.5) is 0 Å². The molecule has 138 valence electrons. The summed E-state index contributed by atoms with van der Waals surface area (Å²) in [7, 11) is 0. The van der Waals surface area contributed by atoms with E-state index < -0.39 is 0 Å². The molecule has 4 N–H and O–H groups in total. The molecule has 0 unspecified atom stereocenters. The average Bonchev–Trinajstić information content (AvgIpc) is 2.59. The van der Waals surface area contributed by atoms with Crippen LogP contribution in [0.2, 0.25) is 0 Å². The van der Waals surface area contributed by atoms with Gasteiger partial charge in [0.2, 0.25) is 0 Å². The van der Waals surface area contributed by atoms with E-state index in [0.717, 1.165) is 0 Å². The summed E-state index contributed by atoms with van der Waals surface area (Å²) in [5.74, 6) is -0.0223. The quantitative estimate of drug-likeness (QED) is 0.296. The van der Waals surface area contributed by atoms with Gasteiger partial charge in [0.1, 0.15) is 0 Å². The number of rotatable bonds is 6. The van der Waals surface area contributed by atoms with Crippen molar-refractivity contribution in [1.82, 2.24) is 10.6 Å². The van der Waals surface area contributed by atoms with Gasteiger partial charge < -0.3 is 20.8 Å². The summed E-state index contributed by atoms with van der Waals surface area (Å²) in [4.78, 5) is 22.2. The summed E-state index contributed by atoms with van der Waals surface area (Å²) in [5.41, 5.74) is 1.23. The van der Waals surface area contributed by atoms with Gasteiger partial charge in [0.15, 0.2) is 11.6 Å². The second-order valence-electron chi connectivity index (χ2n) is 4.72. The number of hydrogen-bond acceptors (Lipinski definition) is 6. The Morgan fingerprint density at radius 2 is 1.08 bits per heavy atom. The molecule has 0 aromatic rings. The first-order valence-electron chi connectivity index (χ1n) is 7.56. The standard InChI is InChI=1S/2C9H11NO2.Ni/c2*11-6-5-10-7-8-3-1-2-4-9(8)12;/h2*1-4,7,10-11H,5-6H2;/b2*8-7-;. The van der Waals surface area contributed by atoms with Crippen LogP contribution in [0.15, 0.2) is 72.2 Å². The fourth-order valence-electron chi connectivity index (χ4n) is 1.69. The Morgan fingerprint density at radius 1 is 0.720 bits per heavy atom. The molecular formula is C18H22N2NiO4. The molecule has 0 radical (unpaired) electrons. The van der Waals surface area contributed by atoms with E-state index in [0.29, 0.717) is 24.2 Å². The molecule has 2 aliphatic rings. The molecule has 0 aromatic heterocycles. The van der Waals surface area contributed by atoms with Gasteiger partial charge in [0.05, 0.1) is 13.2 Å². The first-order valence-corrected chi connectivity index (χ1v) is 7.56. The number of allylic oxidation sites excluding steroid dienone is 10. The number of aliphatic hydroxyl groups excluding tert-OH is 2. The van der Waals surface area contributed by atoms with Crippen molar-refractivity contribution in [1.29, 1.82) is 0 Å². The topological polar surface area (TPSA) is 98.7 Å². The van der Waals surface area contributed by atoms with Crippen molar-refractivity contribution in [3.63, 3.8) is 0 Å². The van der Waals surface area contributed by atoms with Crippen LogP contribution in [0.1, 0.15) is 0 Å². The number of nitrogens with one attached hydrogen (secondary N) is 2. The van der Waals surface area contributed by atoms with Crippen molar-refractivity contribution in [3.8, 4) is 0 Å². The molecule has 0 saturated heterocycles. The summed E-state index contributed by atoms with van der Waals surface area (Å²) in [6, 6.07) is 0. The van der Waals surface area contributed by atoms with Crippen molar-refractivity contribution < 1.29 is 36.3 Å². The largest absolute Gasteiger partial charge is 0.395 e. The zero-order chi connectivity index (χ0) is 17.6. The smallest absolute Gasteiger partial charge is 0.187 e. The number of carbonyl (C=O) groups is 2. The SMILES string of the molecule is O=C1C=CC=C/C1=C/NCCO.O=C1C=CC=C/C1=C/NCCO.[Ni]. The van der Waals surface area contributed by atoms with Crippen molar-refractivity contribution in [2.24, 2.45) is 0 Å². The second kappa shape index (κ2) is 14.2. The number of carbonyl (C=O) groups excluding carboxylic acids is 2. The summed E-state index contributed by atoms with van der Waals surface area (Å²) >= 11 is 0. The zero-order valence-corrected chi connectivity index (χ0v) is 14.6. The van der Waals surface area contributed by atoms with Crippen LogP contribution < -0.4 is 10.6 Å². The number of ketones is 2. The fourth-order valence-corrected chi connectivity index (χ4v) is 1.69. The second-order valence-corrected chi connectivity index (χ2v) is 4.72. The predicted octanol–water partition coefficient (Wildman–Crippen LogP) is 0.292. The number of hydrogen-bond donors (Lipinski definition) is 4. The summed E-state index contributed by atoms with van der Waals surface area (Å²) in [6.45, 7) is 1.07. The Bertz CT molecular complexity index is 563. The molecule has 0 aliphatic heterocycles. The van der Waals surface area contributed by atoms with Crippen molar-refractivity contribution in [2.45, 2.75) is 0 Å². The van der Waals surface area contributed by atoms with E-state index in [1.807, 2.05) is 0 Å². The maximum Gasteiger partial charge on any atom is 0.187 e. The molecule has 6 nitrogen and oxygen atoms in total. The Balaban J connectivity index is 0.000000443. The van der Waals surface area contributed by atoms with Crippen molar-refractivity contribution >= 4 is 11.6 Å². The molecule has 0 spiro atoms. The maximum atomic E-state index is 11.1. The van der Waals surface area contributed by atoms with Crippen LogP contribution in [0.3, 0.4) is 0 Å². The molecule has 0 fully saturated rings. The average molecular weight is 389 g/mol. The van der Waals surface area contributed by atoms with Gasteiger partial charge in [-0.15, -0.1) is 0 Å². The van der Waals surface area contributed by atoms with Gasteiger partial charge in [0, 0.05) is 53.1 Å². The molecule has 0 aromatic carbocycles. The van der Waals surface area contributed by atoms with E-state index >= 15 is 0 Å². The van der Waals surface area contributed by atoms with Crippen LogP contribution in [-0.4, -0.2) is 48.1 Å². The molecule has 2 aliphatic carbocycles. The Hall–Kier alpha value is -2.21.